The Balaban J connectivity index is 0.000000144. The van der Waals surface area contributed by atoms with Gasteiger partial charge in [0.25, 0.3) is 35.4 Å². The molecule has 74 heavy (non-hydrogen) atoms. The Hall–Kier alpha value is -7.24. The predicted octanol–water partition coefficient (Wildman–Crippen LogP) is 4.50. The van der Waals surface area contributed by atoms with E-state index < -0.39 is 47.7 Å². The lowest BCUT2D eigenvalue weighted by molar-refractivity contribution is -0.198. The molecule has 0 aliphatic carbocycles. The second kappa shape index (κ2) is 23.3. The first kappa shape index (κ1) is 51.7. The number of carbonyl (C=O) groups is 8. The van der Waals surface area contributed by atoms with Crippen LogP contribution in [0.15, 0.2) is 73.1 Å². The third-order valence-electron chi connectivity index (χ3n) is 13.3. The maximum absolute atomic E-state index is 12.4. The van der Waals surface area contributed by atoms with E-state index in [9.17, 15) is 38.4 Å². The average Bonchev–Trinajstić information content (AvgIpc) is 4.24. The van der Waals surface area contributed by atoms with Gasteiger partial charge < -0.3 is 24.9 Å². The molecule has 0 bridgehead atoms. The Morgan fingerprint density at radius 3 is 1.34 bits per heavy atom. The van der Waals surface area contributed by atoms with Gasteiger partial charge in [-0.2, -0.15) is 4.79 Å². The van der Waals surface area contributed by atoms with E-state index >= 15 is 0 Å². The van der Waals surface area contributed by atoms with Gasteiger partial charge in [-0.3, -0.25) is 58.2 Å². The van der Waals surface area contributed by atoms with Gasteiger partial charge in [-0.25, -0.2) is 4.79 Å². The number of pyridine rings is 2. The van der Waals surface area contributed by atoms with Crippen LogP contribution < -0.4 is 15.1 Å². The average molecular weight is 1050 g/mol. The zero-order chi connectivity index (χ0) is 51.9. The lowest BCUT2D eigenvalue weighted by Gasteiger charge is -2.35. The largest absolute Gasteiger partial charge is 0.560 e. The molecular weight excluding hydrogens is 1000 g/mol. The first-order valence-corrected chi connectivity index (χ1v) is 25.0. The summed E-state index contributed by atoms with van der Waals surface area (Å²) in [5.41, 5.74) is 9.67. The van der Waals surface area contributed by atoms with Crippen LogP contribution in [-0.2, 0) is 82.5 Å². The number of carbonyl (C=O) groups excluding carboxylic acids is 8. The molecule has 0 spiro atoms. The minimum atomic E-state index is -1.48. The van der Waals surface area contributed by atoms with Crippen molar-refractivity contribution in [2.24, 2.45) is 0 Å². The Bertz CT molecular complexity index is 2710. The summed E-state index contributed by atoms with van der Waals surface area (Å²) >= 11 is 12.6. The highest BCUT2D eigenvalue weighted by Gasteiger charge is 2.38. The number of aromatic nitrogens is 2. The highest BCUT2D eigenvalue weighted by atomic mass is 35.5. The number of rotatable bonds is 9. The topological polar surface area (TPSA) is 228 Å². The molecule has 4 aromatic rings. The molecule has 7 aliphatic heterocycles. The van der Waals surface area contributed by atoms with Crippen LogP contribution in [0.4, 0.5) is 21.0 Å². The second-order valence-corrected chi connectivity index (χ2v) is 19.2. The van der Waals surface area contributed by atoms with Gasteiger partial charge in [-0.15, -0.1) is 5.06 Å². The predicted molar refractivity (Wildman–Crippen MR) is 263 cm³/mol. The van der Waals surface area contributed by atoms with Crippen molar-refractivity contribution in [3.8, 4) is 0 Å². The quantitative estimate of drug-likeness (QED) is 0.228. The molecule has 2 aromatic heterocycles. The van der Waals surface area contributed by atoms with Crippen LogP contribution in [0.2, 0.25) is 10.0 Å². The third-order valence-corrected chi connectivity index (χ3v) is 13.8. The summed E-state index contributed by atoms with van der Waals surface area (Å²) in [4.78, 5) is 125. The number of benzene rings is 2. The number of hydrogen-bond acceptors (Lipinski definition) is 18. The molecular formula is C50H53Cl2N11O11. The number of anilines is 2. The number of halogens is 2. The van der Waals surface area contributed by atoms with Crippen molar-refractivity contribution in [2.75, 3.05) is 62.2 Å². The Morgan fingerprint density at radius 2 is 0.919 bits per heavy atom. The Labute approximate surface area is 435 Å². The molecule has 11 rings (SSSR count). The van der Waals surface area contributed by atoms with Gasteiger partial charge in [0.05, 0.1) is 24.5 Å². The van der Waals surface area contributed by atoms with Gasteiger partial charge >= 0.3 is 12.2 Å². The summed E-state index contributed by atoms with van der Waals surface area (Å²) in [5.74, 6) is -3.68. The standard InChI is InChI=1S/C23H24ClN5O4.C18H21ClN4.C9H8N2O7/c24-18-4-3-17(20(12-18)28-14-16-2-1-7-25-19(16)15-28)13-26-8-10-27(11-9-26)23(32)33-29-21(30)5-6-22(29)31;19-16-4-3-15(11-22-8-6-20-7-9-22)18(10-16)23-12-14-2-1-5-21-17(14)13-23;12-5-1-2-6(13)10(5)17-9(16)18-11-7(14)3-4-8(11)15/h1-4,7,12H,5-6,8-11,13-15H2;1-5,10,20H,6-9,11-13H2;1-4H2. The third kappa shape index (κ3) is 12.4. The van der Waals surface area contributed by atoms with Crippen molar-refractivity contribution in [2.45, 2.75) is 77.8 Å². The van der Waals surface area contributed by atoms with Crippen LogP contribution in [0.5, 0.6) is 0 Å². The molecule has 7 aliphatic rings. The lowest BCUT2D eigenvalue weighted by atomic mass is 10.1. The second-order valence-electron chi connectivity index (χ2n) is 18.3. The molecule has 1 N–H and O–H groups in total. The number of hydroxylamine groups is 6. The summed E-state index contributed by atoms with van der Waals surface area (Å²) in [7, 11) is 0. The summed E-state index contributed by atoms with van der Waals surface area (Å²) < 4.78 is 0. The first-order chi connectivity index (χ1) is 35.8. The van der Waals surface area contributed by atoms with Crippen molar-refractivity contribution in [3.63, 3.8) is 0 Å². The number of hydrogen-bond donors (Lipinski definition) is 1. The van der Waals surface area contributed by atoms with Gasteiger partial charge in [-0.05, 0) is 58.7 Å². The highest BCUT2D eigenvalue weighted by molar-refractivity contribution is 6.31. The SMILES string of the molecule is Clc1ccc(CN2CCNCC2)c(N2Cc3cccnc3C2)c1.O=C(ON1C(=O)CCC1=O)N1CCN(Cc2ccc(Cl)cc2N2Cc3cccnc3C2)CC1.O=C(ON1C(=O)CCC1=O)ON1C(=O)CCC1=O. The highest BCUT2D eigenvalue weighted by Crippen LogP contribution is 2.34. The number of nitrogens with one attached hydrogen (secondary N) is 1. The van der Waals surface area contributed by atoms with Crippen LogP contribution in [0.1, 0.15) is 72.2 Å². The molecule has 22 nitrogen and oxygen atoms in total. The monoisotopic (exact) mass is 1050 g/mol. The van der Waals surface area contributed by atoms with E-state index in [4.69, 9.17) is 28.0 Å². The number of nitrogens with zero attached hydrogens (tertiary/aromatic N) is 10. The molecule has 2 aromatic carbocycles. The van der Waals surface area contributed by atoms with Gasteiger partial charge in [0, 0.05) is 151 Å². The van der Waals surface area contributed by atoms with E-state index in [-0.39, 0.29) is 48.7 Å². The number of amides is 7. The van der Waals surface area contributed by atoms with Crippen LogP contribution in [-0.4, -0.2) is 140 Å². The van der Waals surface area contributed by atoms with Gasteiger partial charge in [0.2, 0.25) is 0 Å². The zero-order valence-corrected chi connectivity index (χ0v) is 41.8. The molecule has 0 unspecified atom stereocenters. The van der Waals surface area contributed by atoms with E-state index in [0.29, 0.717) is 36.3 Å². The van der Waals surface area contributed by atoms with Crippen molar-refractivity contribution >= 4 is 82.3 Å². The minimum Gasteiger partial charge on any atom is -0.361 e. The summed E-state index contributed by atoms with van der Waals surface area (Å²) in [5, 5.41) is 6.01. The molecule has 388 valence electrons. The molecule has 5 saturated heterocycles. The van der Waals surface area contributed by atoms with E-state index in [0.717, 1.165) is 87.4 Å². The Kier molecular flexibility index (Phi) is 16.3. The van der Waals surface area contributed by atoms with Crippen LogP contribution in [0, 0.1) is 0 Å². The Morgan fingerprint density at radius 1 is 0.514 bits per heavy atom. The first-order valence-electron chi connectivity index (χ1n) is 24.3. The van der Waals surface area contributed by atoms with Crippen LogP contribution in [0.25, 0.3) is 0 Å². The van der Waals surface area contributed by atoms with Crippen molar-refractivity contribution < 1.29 is 52.9 Å². The fraction of sp³-hybridized carbons (Fsp3) is 0.400. The summed E-state index contributed by atoms with van der Waals surface area (Å²) in [6, 6.07) is 20.5. The van der Waals surface area contributed by atoms with Crippen molar-refractivity contribution in [1.29, 1.82) is 0 Å². The molecule has 24 heteroatoms. The smallest absolute Gasteiger partial charge is 0.361 e. The lowest BCUT2D eigenvalue weighted by Crippen LogP contribution is -2.50. The normalized spacial score (nSPS) is 18.8. The van der Waals surface area contributed by atoms with E-state index in [1.54, 1.807) is 0 Å². The molecule has 0 atom stereocenters. The van der Waals surface area contributed by atoms with Gasteiger partial charge in [0.15, 0.2) is 0 Å². The maximum atomic E-state index is 12.4. The molecule has 5 fully saturated rings. The number of piperazine rings is 2. The summed E-state index contributed by atoms with van der Waals surface area (Å²) in [6.45, 7) is 11.6. The zero-order valence-electron chi connectivity index (χ0n) is 40.3. The molecule has 9 heterocycles. The van der Waals surface area contributed by atoms with Crippen molar-refractivity contribution in [1.82, 2.24) is 45.2 Å². The van der Waals surface area contributed by atoms with E-state index in [1.165, 1.54) is 33.0 Å². The number of fused-ring (bicyclic) bond motifs is 2. The van der Waals surface area contributed by atoms with Crippen LogP contribution >= 0.6 is 23.2 Å². The van der Waals surface area contributed by atoms with E-state index in [2.05, 4.69) is 74.9 Å². The van der Waals surface area contributed by atoms with Gasteiger partial charge in [-0.1, -0.05) is 57.6 Å². The number of imide groups is 3. The minimum absolute atomic E-state index is 0.0618. The van der Waals surface area contributed by atoms with E-state index in [1.807, 2.05) is 42.7 Å². The maximum Gasteiger partial charge on any atom is 0.560 e. The molecule has 0 saturated carbocycles. The van der Waals surface area contributed by atoms with Crippen molar-refractivity contribution in [3.05, 3.63) is 117 Å². The fourth-order valence-electron chi connectivity index (χ4n) is 9.39. The van der Waals surface area contributed by atoms with Gasteiger partial charge in [0.1, 0.15) is 0 Å². The molecule has 0 radical (unpaired) electrons. The summed E-state index contributed by atoms with van der Waals surface area (Å²) in [6.07, 6.45) is 1.48. The fourth-order valence-corrected chi connectivity index (χ4v) is 9.72. The molecule has 7 amide bonds. The van der Waals surface area contributed by atoms with Crippen LogP contribution in [0.3, 0.4) is 0 Å².